The van der Waals surface area contributed by atoms with Gasteiger partial charge in [-0.25, -0.2) is 0 Å². The fourth-order valence-electron chi connectivity index (χ4n) is 6.72. The van der Waals surface area contributed by atoms with E-state index in [1.165, 1.54) is 57.8 Å². The average Bonchev–Trinajstić information content (AvgIpc) is 3.28. The summed E-state index contributed by atoms with van der Waals surface area (Å²) < 4.78 is 16.7. The third-order valence-corrected chi connectivity index (χ3v) is 10.6. The second kappa shape index (κ2) is 51.0. The second-order valence-corrected chi connectivity index (χ2v) is 16.7. The molecule has 1 atom stereocenters. The van der Waals surface area contributed by atoms with Gasteiger partial charge in [-0.1, -0.05) is 208 Å². The van der Waals surface area contributed by atoms with Crippen LogP contribution in [-0.2, 0) is 28.6 Å². The molecule has 0 aliphatic carbocycles. The molecule has 0 radical (unpaired) electrons. The lowest BCUT2D eigenvalue weighted by molar-refractivity contribution is -0.167. The SMILES string of the molecule is CC/C=C\C/C=C\C/C=C\C/C=C\C/C=C\C/C=C\C/C=C\CCCCCC(=O)OCC(COC(=O)CCCCCCCCCCCC)OC(=O)CCCCCCC/C=C\CCC. The molecule has 0 aliphatic heterocycles. The van der Waals surface area contributed by atoms with Gasteiger partial charge in [-0.15, -0.1) is 0 Å². The van der Waals surface area contributed by atoms with E-state index in [0.717, 1.165) is 128 Å². The maximum atomic E-state index is 12.7. The van der Waals surface area contributed by atoms with Gasteiger partial charge in [-0.2, -0.15) is 0 Å². The van der Waals surface area contributed by atoms with Crippen molar-refractivity contribution in [2.75, 3.05) is 13.2 Å². The number of unbranched alkanes of at least 4 members (excludes halogenated alkanes) is 18. The molecule has 0 aromatic rings. The van der Waals surface area contributed by atoms with Crippen molar-refractivity contribution in [1.29, 1.82) is 0 Å². The third kappa shape index (κ3) is 49.2. The summed E-state index contributed by atoms with van der Waals surface area (Å²) in [6.07, 6.45) is 66.9. The number of allylic oxidation sites excluding steroid dienone is 16. The normalized spacial score (nSPS) is 12.9. The van der Waals surface area contributed by atoms with Crippen molar-refractivity contribution in [3.63, 3.8) is 0 Å². The summed E-state index contributed by atoms with van der Waals surface area (Å²) in [7, 11) is 0. The van der Waals surface area contributed by atoms with Gasteiger partial charge >= 0.3 is 17.9 Å². The first-order valence-corrected chi connectivity index (χ1v) is 25.7. The third-order valence-electron chi connectivity index (χ3n) is 10.6. The molecule has 358 valence electrons. The van der Waals surface area contributed by atoms with Gasteiger partial charge in [-0.05, 0) is 96.3 Å². The van der Waals surface area contributed by atoms with Crippen LogP contribution in [0.3, 0.4) is 0 Å². The molecule has 0 heterocycles. The number of esters is 3. The highest BCUT2D eigenvalue weighted by atomic mass is 16.6. The molecule has 6 heteroatoms. The number of ether oxygens (including phenoxy) is 3. The number of rotatable bonds is 45. The minimum Gasteiger partial charge on any atom is -0.462 e. The minimum atomic E-state index is -0.792. The quantitative estimate of drug-likeness (QED) is 0.0262. The fourth-order valence-corrected chi connectivity index (χ4v) is 6.72. The van der Waals surface area contributed by atoms with E-state index in [-0.39, 0.29) is 31.1 Å². The molecule has 0 N–H and O–H groups in total. The smallest absolute Gasteiger partial charge is 0.306 e. The van der Waals surface area contributed by atoms with E-state index in [9.17, 15) is 14.4 Å². The maximum Gasteiger partial charge on any atom is 0.306 e. The van der Waals surface area contributed by atoms with Crippen molar-refractivity contribution < 1.29 is 28.6 Å². The molecular weight excluding hydrogens is 781 g/mol. The van der Waals surface area contributed by atoms with Gasteiger partial charge in [0.1, 0.15) is 13.2 Å². The average molecular weight is 875 g/mol. The Balaban J connectivity index is 4.33. The monoisotopic (exact) mass is 875 g/mol. The van der Waals surface area contributed by atoms with Gasteiger partial charge in [-0.3, -0.25) is 14.4 Å². The first kappa shape index (κ1) is 59.3. The molecule has 1 unspecified atom stereocenters. The Bertz CT molecular complexity index is 1280. The van der Waals surface area contributed by atoms with Crippen LogP contribution < -0.4 is 0 Å². The summed E-state index contributed by atoms with van der Waals surface area (Å²) in [5.74, 6) is -0.943. The van der Waals surface area contributed by atoms with E-state index in [4.69, 9.17) is 14.2 Å². The Morgan fingerprint density at radius 3 is 1.06 bits per heavy atom. The van der Waals surface area contributed by atoms with Crippen LogP contribution in [-0.4, -0.2) is 37.2 Å². The molecule has 0 bridgehead atoms. The Hall–Kier alpha value is -3.67. The van der Waals surface area contributed by atoms with E-state index in [0.29, 0.717) is 19.3 Å². The van der Waals surface area contributed by atoms with Crippen LogP contribution in [0.2, 0.25) is 0 Å². The Morgan fingerprint density at radius 1 is 0.333 bits per heavy atom. The summed E-state index contributed by atoms with van der Waals surface area (Å²) in [6.45, 7) is 6.40. The molecule has 63 heavy (non-hydrogen) atoms. The Labute approximate surface area is 387 Å². The maximum absolute atomic E-state index is 12.7. The zero-order chi connectivity index (χ0) is 45.8. The van der Waals surface area contributed by atoms with Crippen LogP contribution in [0.15, 0.2) is 97.2 Å². The summed E-state index contributed by atoms with van der Waals surface area (Å²) >= 11 is 0. The van der Waals surface area contributed by atoms with Crippen molar-refractivity contribution in [3.05, 3.63) is 97.2 Å². The molecule has 0 aromatic heterocycles. The molecule has 0 saturated heterocycles. The van der Waals surface area contributed by atoms with E-state index < -0.39 is 6.10 Å². The van der Waals surface area contributed by atoms with Crippen molar-refractivity contribution in [2.24, 2.45) is 0 Å². The minimum absolute atomic E-state index is 0.0912. The van der Waals surface area contributed by atoms with Crippen LogP contribution >= 0.6 is 0 Å². The van der Waals surface area contributed by atoms with Crippen molar-refractivity contribution in [2.45, 2.75) is 232 Å². The van der Waals surface area contributed by atoms with Gasteiger partial charge in [0.15, 0.2) is 6.10 Å². The summed E-state index contributed by atoms with van der Waals surface area (Å²) in [5.41, 5.74) is 0. The van der Waals surface area contributed by atoms with Crippen LogP contribution in [0.4, 0.5) is 0 Å². The van der Waals surface area contributed by atoms with E-state index >= 15 is 0 Å². The first-order chi connectivity index (χ1) is 31.0. The fraction of sp³-hybridized carbons (Fsp3) is 0.667. The van der Waals surface area contributed by atoms with Crippen molar-refractivity contribution in [1.82, 2.24) is 0 Å². The largest absolute Gasteiger partial charge is 0.462 e. The van der Waals surface area contributed by atoms with Gasteiger partial charge < -0.3 is 14.2 Å². The predicted molar refractivity (Wildman–Crippen MR) is 270 cm³/mol. The molecular formula is C57H94O6. The van der Waals surface area contributed by atoms with Gasteiger partial charge in [0, 0.05) is 19.3 Å². The van der Waals surface area contributed by atoms with Crippen molar-refractivity contribution in [3.8, 4) is 0 Å². The van der Waals surface area contributed by atoms with Gasteiger partial charge in [0.25, 0.3) is 0 Å². The zero-order valence-electron chi connectivity index (χ0n) is 40.8. The highest BCUT2D eigenvalue weighted by Crippen LogP contribution is 2.13. The lowest BCUT2D eigenvalue weighted by Crippen LogP contribution is -2.30. The Morgan fingerprint density at radius 2 is 0.651 bits per heavy atom. The zero-order valence-corrected chi connectivity index (χ0v) is 40.8. The molecule has 0 aliphatic rings. The first-order valence-electron chi connectivity index (χ1n) is 25.7. The summed E-state index contributed by atoms with van der Waals surface area (Å²) in [6, 6.07) is 0. The predicted octanol–water partition coefficient (Wildman–Crippen LogP) is 17.0. The lowest BCUT2D eigenvalue weighted by atomic mass is 10.1. The van der Waals surface area contributed by atoms with Gasteiger partial charge in [0.05, 0.1) is 0 Å². The molecule has 6 nitrogen and oxygen atoms in total. The Kier molecular flexibility index (Phi) is 48.0. The number of carbonyl (C=O) groups excluding carboxylic acids is 3. The van der Waals surface area contributed by atoms with E-state index in [2.05, 4.69) is 118 Å². The van der Waals surface area contributed by atoms with E-state index in [1.54, 1.807) is 0 Å². The second-order valence-electron chi connectivity index (χ2n) is 16.7. The molecule has 0 amide bonds. The van der Waals surface area contributed by atoms with Crippen molar-refractivity contribution >= 4 is 17.9 Å². The van der Waals surface area contributed by atoms with Crippen LogP contribution in [0.1, 0.15) is 226 Å². The highest BCUT2D eigenvalue weighted by molar-refractivity contribution is 5.71. The standard InChI is InChI=1S/C57H94O6/c1-4-7-10-13-16-19-22-23-24-25-26-27-28-29-30-31-32-33-34-35-36-39-41-44-47-50-56(59)62-53-54(63-57(60)51-48-45-42-38-21-18-15-12-9-6-3)52-61-55(58)49-46-43-40-37-20-17-14-11-8-5-2/h7,10,12,15-16,19,23-24,26-27,29-30,32-33,35-36,54H,4-6,8-9,11,13-14,17-18,20-22,25,28,31,34,37-53H2,1-3H3/b10-7-,15-12-,19-16-,24-23-,27-26-,30-29-,33-32-,36-35-. The lowest BCUT2D eigenvalue weighted by Gasteiger charge is -2.18. The van der Waals surface area contributed by atoms with Crippen LogP contribution in [0, 0.1) is 0 Å². The van der Waals surface area contributed by atoms with Crippen LogP contribution in [0.25, 0.3) is 0 Å². The molecule has 0 aromatic carbocycles. The molecule has 0 spiro atoms. The van der Waals surface area contributed by atoms with Gasteiger partial charge in [0.2, 0.25) is 0 Å². The molecule has 0 saturated carbocycles. The van der Waals surface area contributed by atoms with Crippen LogP contribution in [0.5, 0.6) is 0 Å². The molecule has 0 fully saturated rings. The number of hydrogen-bond donors (Lipinski definition) is 0. The summed E-state index contributed by atoms with van der Waals surface area (Å²) in [5, 5.41) is 0. The molecule has 0 rings (SSSR count). The number of hydrogen-bond acceptors (Lipinski definition) is 6. The summed E-state index contributed by atoms with van der Waals surface area (Å²) in [4.78, 5) is 37.8. The highest BCUT2D eigenvalue weighted by Gasteiger charge is 2.19. The van der Waals surface area contributed by atoms with E-state index in [1.807, 2.05) is 0 Å². The number of carbonyl (C=O) groups is 3. The topological polar surface area (TPSA) is 78.9 Å².